The fourth-order valence-corrected chi connectivity index (χ4v) is 4.09. The van der Waals surface area contributed by atoms with Gasteiger partial charge in [-0.3, -0.25) is 9.78 Å². The predicted octanol–water partition coefficient (Wildman–Crippen LogP) is 5.31. The molecule has 202 valence electrons. The van der Waals surface area contributed by atoms with Gasteiger partial charge >= 0.3 is 6.18 Å². The fourth-order valence-electron chi connectivity index (χ4n) is 4.09. The highest BCUT2D eigenvalue weighted by atomic mass is 19.4. The van der Waals surface area contributed by atoms with Gasteiger partial charge in [0.25, 0.3) is 5.91 Å². The van der Waals surface area contributed by atoms with Crippen LogP contribution >= 0.6 is 0 Å². The SMILES string of the molecule is CC1=NC2(N=C1N)c1cc(NC(=O)c3ccc(C(F)(F)F)cn3)ccc1Oc1cnc(OCC(C)(C)C)cc12. The molecule has 3 aromatic rings. The number of fused-ring (bicyclic) bond motifs is 4. The lowest BCUT2D eigenvalue weighted by Gasteiger charge is -2.33. The Morgan fingerprint density at radius 1 is 1.03 bits per heavy atom. The molecule has 2 aliphatic heterocycles. The molecule has 0 saturated carbocycles. The summed E-state index contributed by atoms with van der Waals surface area (Å²) in [6.45, 7) is 8.28. The molecular weight excluding hydrogens is 513 g/mol. The van der Waals surface area contributed by atoms with Crippen molar-refractivity contribution in [2.24, 2.45) is 21.1 Å². The van der Waals surface area contributed by atoms with Gasteiger partial charge in [0.1, 0.15) is 17.3 Å². The van der Waals surface area contributed by atoms with E-state index in [0.29, 0.717) is 52.7 Å². The Morgan fingerprint density at radius 2 is 1.77 bits per heavy atom. The van der Waals surface area contributed by atoms with Crippen molar-refractivity contribution in [1.82, 2.24) is 9.97 Å². The van der Waals surface area contributed by atoms with E-state index in [4.69, 9.17) is 25.2 Å². The molecule has 2 aromatic heterocycles. The minimum atomic E-state index is -4.55. The number of carbonyl (C=O) groups is 1. The molecule has 1 spiro atoms. The second kappa shape index (κ2) is 9.07. The largest absolute Gasteiger partial charge is 0.477 e. The fraction of sp³-hybridized carbons (Fsp3) is 0.296. The summed E-state index contributed by atoms with van der Waals surface area (Å²) in [6, 6.07) is 8.38. The van der Waals surface area contributed by atoms with Gasteiger partial charge in [-0.15, -0.1) is 0 Å². The monoisotopic (exact) mass is 538 g/mol. The number of amidine groups is 1. The van der Waals surface area contributed by atoms with Gasteiger partial charge in [0.2, 0.25) is 11.5 Å². The van der Waals surface area contributed by atoms with Crippen LogP contribution in [0.15, 0.2) is 58.8 Å². The van der Waals surface area contributed by atoms with Gasteiger partial charge in [-0.2, -0.15) is 13.2 Å². The summed E-state index contributed by atoms with van der Waals surface area (Å²) in [5.74, 6) is 0.762. The van der Waals surface area contributed by atoms with Crippen LogP contribution in [-0.2, 0) is 11.8 Å². The van der Waals surface area contributed by atoms with Gasteiger partial charge in [-0.25, -0.2) is 15.0 Å². The van der Waals surface area contributed by atoms with Crippen molar-refractivity contribution in [3.63, 3.8) is 0 Å². The van der Waals surface area contributed by atoms with Gasteiger partial charge in [-0.05, 0) is 42.7 Å². The van der Waals surface area contributed by atoms with Crippen molar-refractivity contribution in [2.45, 2.75) is 39.5 Å². The summed E-state index contributed by atoms with van der Waals surface area (Å²) in [4.78, 5) is 30.3. The van der Waals surface area contributed by atoms with Crippen LogP contribution in [-0.4, -0.2) is 34.0 Å². The summed E-state index contributed by atoms with van der Waals surface area (Å²) in [7, 11) is 0. The van der Waals surface area contributed by atoms with Crippen molar-refractivity contribution in [1.29, 1.82) is 0 Å². The molecule has 1 atom stereocenters. The van der Waals surface area contributed by atoms with E-state index in [9.17, 15) is 18.0 Å². The van der Waals surface area contributed by atoms with Crippen molar-refractivity contribution in [3.05, 3.63) is 71.2 Å². The van der Waals surface area contributed by atoms with Crippen molar-refractivity contribution < 1.29 is 27.4 Å². The van der Waals surface area contributed by atoms with Crippen molar-refractivity contribution >= 4 is 23.1 Å². The van der Waals surface area contributed by atoms with Gasteiger partial charge in [-0.1, -0.05) is 20.8 Å². The number of amides is 1. The lowest BCUT2D eigenvalue weighted by molar-refractivity contribution is -0.137. The zero-order chi connectivity index (χ0) is 28.2. The van der Waals surface area contributed by atoms with E-state index in [1.807, 2.05) is 20.8 Å². The molecule has 0 radical (unpaired) electrons. The smallest absolute Gasteiger partial charge is 0.417 e. The second-order valence-corrected chi connectivity index (χ2v) is 10.4. The number of nitrogens with zero attached hydrogens (tertiary/aromatic N) is 4. The van der Waals surface area contributed by atoms with Crippen LogP contribution in [0.1, 0.15) is 54.9 Å². The zero-order valence-electron chi connectivity index (χ0n) is 21.6. The third kappa shape index (κ3) is 5.01. The molecule has 2 aliphatic rings. The highest BCUT2D eigenvalue weighted by molar-refractivity contribution is 6.41. The number of rotatable bonds is 4. The molecule has 0 bridgehead atoms. The van der Waals surface area contributed by atoms with E-state index < -0.39 is 23.3 Å². The first-order chi connectivity index (χ1) is 18.2. The normalized spacial score (nSPS) is 18.0. The lowest BCUT2D eigenvalue weighted by Crippen LogP contribution is -2.27. The molecule has 5 rings (SSSR count). The number of nitrogens with two attached hydrogens (primary N) is 1. The number of ether oxygens (including phenoxy) is 2. The van der Waals surface area contributed by atoms with E-state index in [1.54, 1.807) is 37.4 Å². The number of hydrogen-bond acceptors (Lipinski definition) is 8. The molecule has 0 saturated heterocycles. The minimum Gasteiger partial charge on any atom is -0.477 e. The zero-order valence-corrected chi connectivity index (χ0v) is 21.6. The number of halogens is 3. The molecule has 0 fully saturated rings. The topological polar surface area (TPSA) is 124 Å². The molecule has 39 heavy (non-hydrogen) atoms. The Hall–Kier alpha value is -4.48. The van der Waals surface area contributed by atoms with Crippen LogP contribution in [0.3, 0.4) is 0 Å². The highest BCUT2D eigenvalue weighted by Crippen LogP contribution is 2.52. The Morgan fingerprint density at radius 3 is 2.38 bits per heavy atom. The first kappa shape index (κ1) is 26.1. The van der Waals surface area contributed by atoms with Gasteiger partial charge in [0.05, 0.1) is 35.2 Å². The first-order valence-electron chi connectivity index (χ1n) is 12.0. The molecule has 1 unspecified atom stereocenters. The maximum absolute atomic E-state index is 12.9. The maximum atomic E-state index is 12.9. The van der Waals surface area contributed by atoms with E-state index >= 15 is 0 Å². The van der Waals surface area contributed by atoms with Gasteiger partial charge in [0, 0.05) is 18.0 Å². The molecule has 3 N–H and O–H groups in total. The average molecular weight is 539 g/mol. The number of nitrogens with one attached hydrogen (secondary N) is 1. The summed E-state index contributed by atoms with van der Waals surface area (Å²) < 4.78 is 50.6. The van der Waals surface area contributed by atoms with Crippen LogP contribution in [0.5, 0.6) is 17.4 Å². The molecule has 1 amide bonds. The number of hydrogen-bond donors (Lipinski definition) is 2. The summed E-state index contributed by atoms with van der Waals surface area (Å²) in [5.41, 5.74) is 5.53. The number of carbonyl (C=O) groups excluding carboxylic acids is 1. The summed E-state index contributed by atoms with van der Waals surface area (Å²) in [6.07, 6.45) is -2.40. The third-order valence-corrected chi connectivity index (χ3v) is 6.01. The number of benzene rings is 1. The Kier molecular flexibility index (Phi) is 6.08. The van der Waals surface area contributed by atoms with Crippen molar-refractivity contribution in [3.8, 4) is 17.4 Å². The first-order valence-corrected chi connectivity index (χ1v) is 12.0. The molecule has 4 heterocycles. The van der Waals surface area contributed by atoms with E-state index in [2.05, 4.69) is 15.3 Å². The van der Waals surface area contributed by atoms with E-state index in [1.165, 1.54) is 0 Å². The molecule has 9 nitrogen and oxygen atoms in total. The molecule has 0 aliphatic carbocycles. The molecule has 12 heteroatoms. The Bertz CT molecular complexity index is 1510. The Labute approximate surface area is 222 Å². The lowest BCUT2D eigenvalue weighted by atomic mass is 9.89. The predicted molar refractivity (Wildman–Crippen MR) is 138 cm³/mol. The number of aliphatic imine (C=N–C) groups is 2. The molecular formula is C27H25F3N6O3. The number of pyridine rings is 2. The standard InChI is InChI=1S/C27H25F3N6O3/c1-14-23(31)36-26(35-14)17-9-16(34-24(37)19-7-5-15(11-32-19)27(28,29)30)6-8-20(17)39-21-12-33-22(10-18(21)26)38-13-25(2,3)4/h5-12H,13H2,1-4H3,(H2,31,36)(H,34,37). The number of aromatic nitrogens is 2. The summed E-state index contributed by atoms with van der Waals surface area (Å²) >= 11 is 0. The summed E-state index contributed by atoms with van der Waals surface area (Å²) in [5, 5.41) is 2.66. The number of alkyl halides is 3. The second-order valence-electron chi connectivity index (χ2n) is 10.4. The Balaban J connectivity index is 1.51. The van der Waals surface area contributed by atoms with Crippen molar-refractivity contribution in [2.75, 3.05) is 11.9 Å². The van der Waals surface area contributed by atoms with Crippen LogP contribution < -0.4 is 20.5 Å². The quantitative estimate of drug-likeness (QED) is 0.464. The van der Waals surface area contributed by atoms with Crippen LogP contribution in [0.4, 0.5) is 18.9 Å². The minimum absolute atomic E-state index is 0.0991. The van der Waals surface area contributed by atoms with Crippen LogP contribution in [0.25, 0.3) is 0 Å². The maximum Gasteiger partial charge on any atom is 0.417 e. The third-order valence-electron chi connectivity index (χ3n) is 6.01. The van der Waals surface area contributed by atoms with Crippen LogP contribution in [0.2, 0.25) is 0 Å². The highest BCUT2D eigenvalue weighted by Gasteiger charge is 2.46. The average Bonchev–Trinajstić information content (AvgIpc) is 3.17. The van der Waals surface area contributed by atoms with Gasteiger partial charge < -0.3 is 20.5 Å². The van der Waals surface area contributed by atoms with Gasteiger partial charge in [0.15, 0.2) is 5.75 Å². The molecule has 1 aromatic carbocycles. The van der Waals surface area contributed by atoms with E-state index in [-0.39, 0.29) is 16.9 Å². The number of anilines is 1. The van der Waals surface area contributed by atoms with E-state index in [0.717, 1.165) is 12.1 Å². The van der Waals surface area contributed by atoms with Crippen LogP contribution in [0, 0.1) is 5.41 Å².